The van der Waals surface area contributed by atoms with Crippen molar-refractivity contribution >= 4 is 28.4 Å². The maximum absolute atomic E-state index is 12.7. The van der Waals surface area contributed by atoms with Crippen molar-refractivity contribution in [1.29, 1.82) is 0 Å². The number of rotatable bonds is 8. The number of pyridine rings is 1. The number of carbonyl (C=O) groups excluding carboxylic acids is 2. The van der Waals surface area contributed by atoms with Crippen LogP contribution in [0.5, 0.6) is 0 Å². The fraction of sp³-hybridized carbons (Fsp3) is 0.0690. The second kappa shape index (κ2) is 10.1. The zero-order chi connectivity index (χ0) is 24.9. The molecule has 5 aromatic rings. The Morgan fingerprint density at radius 2 is 1.83 bits per heavy atom. The van der Waals surface area contributed by atoms with Crippen molar-refractivity contribution in [3.8, 4) is 11.3 Å². The van der Waals surface area contributed by atoms with Gasteiger partial charge in [0.25, 0.3) is 5.91 Å². The molecule has 0 radical (unpaired) electrons. The smallest absolute Gasteiger partial charge is 0.255 e. The van der Waals surface area contributed by atoms with Crippen LogP contribution in [0.3, 0.4) is 0 Å². The van der Waals surface area contributed by atoms with Gasteiger partial charge in [0.1, 0.15) is 11.5 Å². The number of hydrogen-bond donors (Lipinski definition) is 2. The van der Waals surface area contributed by atoms with Crippen molar-refractivity contribution in [2.75, 3.05) is 5.32 Å². The van der Waals surface area contributed by atoms with Gasteiger partial charge in [-0.3, -0.25) is 9.59 Å². The van der Waals surface area contributed by atoms with Gasteiger partial charge in [-0.1, -0.05) is 30.8 Å². The Kier molecular flexibility index (Phi) is 6.44. The molecule has 1 amide bonds. The second-order valence-electron chi connectivity index (χ2n) is 8.37. The van der Waals surface area contributed by atoms with Gasteiger partial charge in [0.05, 0.1) is 5.69 Å². The van der Waals surface area contributed by atoms with E-state index < -0.39 is 0 Å². The Hall–Kier alpha value is -4.91. The lowest BCUT2D eigenvalue weighted by atomic mass is 10.1. The molecule has 7 nitrogen and oxygen atoms in total. The predicted molar refractivity (Wildman–Crippen MR) is 140 cm³/mol. The quantitative estimate of drug-likeness (QED) is 0.303. The van der Waals surface area contributed by atoms with Crippen molar-refractivity contribution in [1.82, 2.24) is 19.9 Å². The molecule has 0 saturated heterocycles. The zero-order valence-electron chi connectivity index (χ0n) is 19.4. The van der Waals surface area contributed by atoms with Crippen LogP contribution in [0.1, 0.15) is 27.3 Å². The number of carbonyl (C=O) groups is 2. The molecule has 0 aliphatic carbocycles. The number of benzene rings is 2. The number of nitrogens with one attached hydrogen (secondary N) is 2. The molecule has 0 bridgehead atoms. The minimum Gasteiger partial charge on any atom is -0.346 e. The third-order valence-corrected chi connectivity index (χ3v) is 5.77. The summed E-state index contributed by atoms with van der Waals surface area (Å²) in [4.78, 5) is 40.9. The van der Waals surface area contributed by atoms with Crippen LogP contribution in [0.25, 0.3) is 22.3 Å². The van der Waals surface area contributed by atoms with E-state index in [1.807, 2.05) is 48.7 Å². The van der Waals surface area contributed by atoms with Crippen LogP contribution in [0, 0.1) is 0 Å². The molecule has 5 rings (SSSR count). The van der Waals surface area contributed by atoms with Crippen molar-refractivity contribution in [2.45, 2.75) is 12.8 Å². The normalized spacial score (nSPS) is 10.8. The van der Waals surface area contributed by atoms with Crippen molar-refractivity contribution in [3.05, 3.63) is 120 Å². The van der Waals surface area contributed by atoms with E-state index in [9.17, 15) is 9.59 Å². The number of anilines is 1. The van der Waals surface area contributed by atoms with Gasteiger partial charge in [0, 0.05) is 53.6 Å². The van der Waals surface area contributed by atoms with Crippen LogP contribution < -0.4 is 5.32 Å². The number of amides is 1. The molecule has 0 aliphatic rings. The molecule has 0 spiro atoms. The molecule has 2 aromatic carbocycles. The SMILES string of the molecule is C=CC(=O)Cc1ccc(C(=O)Nc2cccc(Cc3nccc(-c4cnc5[nH]ccc5c4)n3)c2)cc1. The lowest BCUT2D eigenvalue weighted by molar-refractivity contribution is -0.114. The van der Waals surface area contributed by atoms with Gasteiger partial charge in [-0.25, -0.2) is 15.0 Å². The van der Waals surface area contributed by atoms with Gasteiger partial charge >= 0.3 is 0 Å². The van der Waals surface area contributed by atoms with Crippen LogP contribution >= 0.6 is 0 Å². The maximum atomic E-state index is 12.7. The average molecular weight is 474 g/mol. The van der Waals surface area contributed by atoms with Crippen molar-refractivity contribution in [3.63, 3.8) is 0 Å². The van der Waals surface area contributed by atoms with E-state index in [1.165, 1.54) is 6.08 Å². The fourth-order valence-electron chi connectivity index (χ4n) is 3.92. The summed E-state index contributed by atoms with van der Waals surface area (Å²) in [6, 6.07) is 20.5. The summed E-state index contributed by atoms with van der Waals surface area (Å²) in [5, 5.41) is 3.96. The number of nitrogens with zero attached hydrogens (tertiary/aromatic N) is 3. The van der Waals surface area contributed by atoms with Crippen LogP contribution in [0.2, 0.25) is 0 Å². The van der Waals surface area contributed by atoms with E-state index >= 15 is 0 Å². The van der Waals surface area contributed by atoms with E-state index in [4.69, 9.17) is 4.98 Å². The molecule has 36 heavy (non-hydrogen) atoms. The first-order valence-corrected chi connectivity index (χ1v) is 11.5. The minimum absolute atomic E-state index is 0.0584. The number of allylic oxidation sites excluding steroid dienone is 1. The Bertz CT molecular complexity index is 1570. The molecule has 2 N–H and O–H groups in total. The molecule has 0 aliphatic heterocycles. The van der Waals surface area contributed by atoms with Crippen LogP contribution in [0.15, 0.2) is 98.0 Å². The van der Waals surface area contributed by atoms with Crippen LogP contribution in [-0.2, 0) is 17.6 Å². The molecule has 3 aromatic heterocycles. The van der Waals surface area contributed by atoms with Crippen molar-refractivity contribution < 1.29 is 9.59 Å². The summed E-state index contributed by atoms with van der Waals surface area (Å²) in [5.41, 5.74) is 5.57. The minimum atomic E-state index is -0.223. The zero-order valence-corrected chi connectivity index (χ0v) is 19.4. The van der Waals surface area contributed by atoms with Gasteiger partial charge in [-0.2, -0.15) is 0 Å². The number of ketones is 1. The topological polar surface area (TPSA) is 101 Å². The van der Waals surface area contributed by atoms with Gasteiger partial charge in [0.15, 0.2) is 5.78 Å². The van der Waals surface area contributed by atoms with E-state index in [0.717, 1.165) is 33.4 Å². The number of aromatic nitrogens is 4. The second-order valence-corrected chi connectivity index (χ2v) is 8.37. The highest BCUT2D eigenvalue weighted by Crippen LogP contribution is 2.21. The molecule has 3 heterocycles. The summed E-state index contributed by atoms with van der Waals surface area (Å²) in [6.07, 6.45) is 7.49. The molecular weight excluding hydrogens is 450 g/mol. The summed E-state index contributed by atoms with van der Waals surface area (Å²) in [7, 11) is 0. The number of aromatic amines is 1. The van der Waals surface area contributed by atoms with E-state index in [2.05, 4.69) is 26.8 Å². The molecule has 0 unspecified atom stereocenters. The van der Waals surface area contributed by atoms with Crippen LogP contribution in [-0.4, -0.2) is 31.6 Å². The first kappa shape index (κ1) is 22.9. The Morgan fingerprint density at radius 1 is 0.972 bits per heavy atom. The number of fused-ring (bicyclic) bond motifs is 1. The summed E-state index contributed by atoms with van der Waals surface area (Å²) in [6.45, 7) is 3.48. The first-order valence-electron chi connectivity index (χ1n) is 11.5. The molecule has 0 fully saturated rings. The Labute approximate surface area is 208 Å². The van der Waals surface area contributed by atoms with E-state index in [1.54, 1.807) is 36.7 Å². The monoisotopic (exact) mass is 473 g/mol. The predicted octanol–water partition coefficient (Wildman–Crippen LogP) is 5.16. The fourth-order valence-corrected chi connectivity index (χ4v) is 3.92. The van der Waals surface area contributed by atoms with Gasteiger partial charge in [0.2, 0.25) is 0 Å². The third kappa shape index (κ3) is 5.26. The molecule has 176 valence electrons. The highest BCUT2D eigenvalue weighted by atomic mass is 16.1. The molecule has 0 atom stereocenters. The lowest BCUT2D eigenvalue weighted by Crippen LogP contribution is -2.12. The summed E-state index contributed by atoms with van der Waals surface area (Å²) >= 11 is 0. The number of hydrogen-bond acceptors (Lipinski definition) is 5. The molecule has 7 heteroatoms. The van der Waals surface area contributed by atoms with Crippen LogP contribution in [0.4, 0.5) is 5.69 Å². The average Bonchev–Trinajstić information content (AvgIpc) is 3.37. The van der Waals surface area contributed by atoms with Gasteiger partial charge in [-0.15, -0.1) is 0 Å². The Balaban J connectivity index is 1.28. The van der Waals surface area contributed by atoms with E-state index in [0.29, 0.717) is 23.5 Å². The third-order valence-electron chi connectivity index (χ3n) is 5.77. The lowest BCUT2D eigenvalue weighted by Gasteiger charge is -2.09. The summed E-state index contributed by atoms with van der Waals surface area (Å²) in [5.74, 6) is 0.395. The van der Waals surface area contributed by atoms with Gasteiger partial charge in [-0.05, 0) is 59.7 Å². The summed E-state index contributed by atoms with van der Waals surface area (Å²) < 4.78 is 0. The largest absolute Gasteiger partial charge is 0.346 e. The first-order chi connectivity index (χ1) is 17.6. The highest BCUT2D eigenvalue weighted by Gasteiger charge is 2.09. The van der Waals surface area contributed by atoms with E-state index in [-0.39, 0.29) is 18.1 Å². The van der Waals surface area contributed by atoms with Gasteiger partial charge < -0.3 is 10.3 Å². The standard InChI is InChI=1S/C29H23N5O2/c1-2-25(35)15-19-6-8-21(9-7-19)29(36)33-24-5-3-4-20(14-24)16-27-30-13-11-26(34-27)23-17-22-10-12-31-28(22)32-18-23/h2-14,17-18H,1,15-16H2,(H,31,32)(H,33,36). The highest BCUT2D eigenvalue weighted by molar-refractivity contribution is 6.04. The molecular formula is C29H23N5O2. The number of H-pyrrole nitrogens is 1. The van der Waals surface area contributed by atoms with Crippen molar-refractivity contribution in [2.24, 2.45) is 0 Å². The Morgan fingerprint density at radius 3 is 2.67 bits per heavy atom. The maximum Gasteiger partial charge on any atom is 0.255 e. The molecule has 0 saturated carbocycles.